The third-order valence-corrected chi connectivity index (χ3v) is 4.70. The molecule has 0 atom stereocenters. The average molecular weight is 351 g/mol. The molecule has 1 aromatic rings. The predicted molar refractivity (Wildman–Crippen MR) is 91.3 cm³/mol. The van der Waals surface area contributed by atoms with Crippen LogP contribution in [0, 0.1) is 0 Å². The molecule has 7 heteroatoms. The lowest BCUT2D eigenvalue weighted by Gasteiger charge is -2.08. The van der Waals surface area contributed by atoms with Crippen LogP contribution in [0.4, 0.5) is 5.00 Å². The minimum Gasteiger partial charge on any atom is -0.462 e. The Morgan fingerprint density at radius 3 is 2.71 bits per heavy atom. The van der Waals surface area contributed by atoms with E-state index in [1.54, 1.807) is 13.0 Å². The summed E-state index contributed by atoms with van der Waals surface area (Å²) in [6, 6.07) is 0. The normalized spacial score (nSPS) is 12.9. The molecule has 0 aromatic carbocycles. The van der Waals surface area contributed by atoms with E-state index in [0.717, 1.165) is 29.7 Å². The maximum absolute atomic E-state index is 12.2. The molecule has 0 spiro atoms. The standard InChI is InChI=1S/C17H21NO5S/c1-3-5-9-14(20)23-10-13(19)18-16-15(17(21)22-4-2)11-7-6-8-12(11)24-16/h5,9H,3-4,6-8,10H2,1-2H3,(H,18,19)/b9-5+. The first-order valence-electron chi connectivity index (χ1n) is 8.01. The number of rotatable bonds is 7. The molecule has 1 amide bonds. The highest BCUT2D eigenvalue weighted by molar-refractivity contribution is 7.17. The highest BCUT2D eigenvalue weighted by Gasteiger charge is 2.28. The van der Waals surface area contributed by atoms with E-state index >= 15 is 0 Å². The van der Waals surface area contributed by atoms with Crippen LogP contribution in [-0.2, 0) is 31.9 Å². The summed E-state index contributed by atoms with van der Waals surface area (Å²) in [6.45, 7) is 3.52. The van der Waals surface area contributed by atoms with Crippen molar-refractivity contribution in [3.8, 4) is 0 Å². The fraction of sp³-hybridized carbons (Fsp3) is 0.471. The van der Waals surface area contributed by atoms with Gasteiger partial charge in [-0.3, -0.25) is 4.79 Å². The van der Waals surface area contributed by atoms with Crippen molar-refractivity contribution in [2.75, 3.05) is 18.5 Å². The van der Waals surface area contributed by atoms with E-state index in [0.29, 0.717) is 17.0 Å². The predicted octanol–water partition coefficient (Wildman–Crippen LogP) is 2.86. The summed E-state index contributed by atoms with van der Waals surface area (Å²) in [4.78, 5) is 36.7. The summed E-state index contributed by atoms with van der Waals surface area (Å²) < 4.78 is 9.95. The van der Waals surface area contributed by atoms with Crippen molar-refractivity contribution >= 4 is 34.2 Å². The maximum Gasteiger partial charge on any atom is 0.341 e. The lowest BCUT2D eigenvalue weighted by molar-refractivity contribution is -0.142. The van der Waals surface area contributed by atoms with Crippen molar-refractivity contribution in [2.24, 2.45) is 0 Å². The van der Waals surface area contributed by atoms with E-state index in [1.165, 1.54) is 17.4 Å². The van der Waals surface area contributed by atoms with Crippen LogP contribution in [0.5, 0.6) is 0 Å². The van der Waals surface area contributed by atoms with Gasteiger partial charge in [-0.2, -0.15) is 0 Å². The van der Waals surface area contributed by atoms with Crippen LogP contribution in [0.3, 0.4) is 0 Å². The Morgan fingerprint density at radius 1 is 1.21 bits per heavy atom. The fourth-order valence-electron chi connectivity index (χ4n) is 2.47. The number of aryl methyl sites for hydroxylation is 1. The van der Waals surface area contributed by atoms with E-state index in [-0.39, 0.29) is 6.61 Å². The third-order valence-electron chi connectivity index (χ3n) is 3.49. The Labute approximate surface area is 144 Å². The van der Waals surface area contributed by atoms with Crippen molar-refractivity contribution < 1.29 is 23.9 Å². The van der Waals surface area contributed by atoms with Gasteiger partial charge in [-0.05, 0) is 38.2 Å². The Hall–Kier alpha value is -2.15. The van der Waals surface area contributed by atoms with E-state index in [2.05, 4.69) is 5.32 Å². The van der Waals surface area contributed by atoms with Gasteiger partial charge in [0.2, 0.25) is 0 Å². The van der Waals surface area contributed by atoms with Gasteiger partial charge in [-0.1, -0.05) is 13.0 Å². The summed E-state index contributed by atoms with van der Waals surface area (Å²) in [7, 11) is 0. The number of hydrogen-bond donors (Lipinski definition) is 1. The molecular formula is C17H21NO5S. The number of nitrogens with one attached hydrogen (secondary N) is 1. The number of carbonyl (C=O) groups excluding carboxylic acids is 3. The Balaban J connectivity index is 2.04. The number of fused-ring (bicyclic) bond motifs is 1. The van der Waals surface area contributed by atoms with Crippen molar-refractivity contribution in [3.05, 3.63) is 28.2 Å². The fourth-order valence-corrected chi connectivity index (χ4v) is 3.77. The molecule has 0 radical (unpaired) electrons. The molecule has 1 heterocycles. The van der Waals surface area contributed by atoms with E-state index in [9.17, 15) is 14.4 Å². The van der Waals surface area contributed by atoms with Crippen molar-refractivity contribution in [2.45, 2.75) is 39.5 Å². The van der Waals surface area contributed by atoms with E-state index in [1.807, 2.05) is 6.92 Å². The zero-order chi connectivity index (χ0) is 17.5. The molecule has 1 N–H and O–H groups in total. The molecule has 1 aliphatic rings. The van der Waals surface area contributed by atoms with Crippen LogP contribution >= 0.6 is 11.3 Å². The minimum absolute atomic E-state index is 0.276. The number of amides is 1. The van der Waals surface area contributed by atoms with E-state index in [4.69, 9.17) is 9.47 Å². The first-order chi connectivity index (χ1) is 11.6. The Morgan fingerprint density at radius 2 is 2.00 bits per heavy atom. The van der Waals surface area contributed by atoms with Crippen LogP contribution in [0.2, 0.25) is 0 Å². The summed E-state index contributed by atoms with van der Waals surface area (Å²) >= 11 is 1.39. The summed E-state index contributed by atoms with van der Waals surface area (Å²) in [6.07, 6.45) is 6.37. The number of carbonyl (C=O) groups is 3. The van der Waals surface area contributed by atoms with Crippen molar-refractivity contribution in [1.82, 2.24) is 0 Å². The molecule has 6 nitrogen and oxygen atoms in total. The molecule has 130 valence electrons. The number of esters is 2. The highest BCUT2D eigenvalue weighted by atomic mass is 32.1. The minimum atomic E-state index is -0.564. The van der Waals surface area contributed by atoms with Crippen LogP contribution in [-0.4, -0.2) is 31.1 Å². The third kappa shape index (κ3) is 4.44. The molecule has 0 unspecified atom stereocenters. The number of thiophene rings is 1. The van der Waals surface area contributed by atoms with Gasteiger partial charge in [-0.15, -0.1) is 11.3 Å². The highest BCUT2D eigenvalue weighted by Crippen LogP contribution is 2.39. The smallest absolute Gasteiger partial charge is 0.341 e. The van der Waals surface area contributed by atoms with Gasteiger partial charge in [-0.25, -0.2) is 9.59 Å². The molecule has 0 saturated carbocycles. The SMILES string of the molecule is CC/C=C/C(=O)OCC(=O)Nc1sc2c(c1C(=O)OCC)CCC2. The first-order valence-corrected chi connectivity index (χ1v) is 8.83. The van der Waals surface area contributed by atoms with Crippen LogP contribution in [0.15, 0.2) is 12.2 Å². The second-order valence-corrected chi connectivity index (χ2v) is 6.35. The lowest BCUT2D eigenvalue weighted by atomic mass is 10.1. The quantitative estimate of drug-likeness (QED) is 0.603. The van der Waals surface area contributed by atoms with Gasteiger partial charge in [0, 0.05) is 11.0 Å². The molecule has 1 aromatic heterocycles. The van der Waals surface area contributed by atoms with Crippen molar-refractivity contribution in [1.29, 1.82) is 0 Å². The van der Waals surface area contributed by atoms with Gasteiger partial charge >= 0.3 is 11.9 Å². The molecule has 24 heavy (non-hydrogen) atoms. The second kappa shape index (κ2) is 8.63. The van der Waals surface area contributed by atoms with Gasteiger partial charge in [0.1, 0.15) is 5.00 Å². The molecular weight excluding hydrogens is 330 g/mol. The number of ether oxygens (including phenoxy) is 2. The lowest BCUT2D eigenvalue weighted by Crippen LogP contribution is -2.21. The molecule has 1 aliphatic carbocycles. The van der Waals surface area contributed by atoms with Crippen LogP contribution in [0.25, 0.3) is 0 Å². The monoisotopic (exact) mass is 351 g/mol. The number of anilines is 1. The average Bonchev–Trinajstić information content (AvgIpc) is 3.11. The topological polar surface area (TPSA) is 81.7 Å². The van der Waals surface area contributed by atoms with Gasteiger partial charge in [0.25, 0.3) is 5.91 Å². The number of allylic oxidation sites excluding steroid dienone is 1. The number of hydrogen-bond acceptors (Lipinski definition) is 6. The molecule has 0 saturated heterocycles. The zero-order valence-electron chi connectivity index (χ0n) is 13.8. The maximum atomic E-state index is 12.2. The van der Waals surface area contributed by atoms with Crippen molar-refractivity contribution in [3.63, 3.8) is 0 Å². The van der Waals surface area contributed by atoms with Crippen LogP contribution < -0.4 is 5.32 Å². The van der Waals surface area contributed by atoms with E-state index < -0.39 is 24.5 Å². The Kier molecular flexibility index (Phi) is 6.54. The molecule has 0 fully saturated rings. The zero-order valence-corrected chi connectivity index (χ0v) is 14.7. The summed E-state index contributed by atoms with van der Waals surface area (Å²) in [5, 5.41) is 3.14. The molecule has 0 bridgehead atoms. The Bertz CT molecular complexity index is 662. The largest absolute Gasteiger partial charge is 0.462 e. The molecule has 0 aliphatic heterocycles. The summed E-state index contributed by atoms with van der Waals surface area (Å²) in [5.41, 5.74) is 1.41. The summed E-state index contributed by atoms with van der Waals surface area (Å²) in [5.74, 6) is -1.46. The van der Waals surface area contributed by atoms with Gasteiger partial charge in [0.15, 0.2) is 6.61 Å². The first kappa shape index (κ1) is 18.2. The van der Waals surface area contributed by atoms with Crippen LogP contribution in [0.1, 0.15) is 47.5 Å². The molecule has 2 rings (SSSR count). The van der Waals surface area contributed by atoms with Gasteiger partial charge < -0.3 is 14.8 Å². The second-order valence-electron chi connectivity index (χ2n) is 5.25. The van der Waals surface area contributed by atoms with Gasteiger partial charge in [0.05, 0.1) is 12.2 Å².